The Hall–Kier alpha value is -2.84. The van der Waals surface area contributed by atoms with Gasteiger partial charge in [0.2, 0.25) is 0 Å². The molecule has 2 aromatic rings. The van der Waals surface area contributed by atoms with E-state index in [0.29, 0.717) is 22.3 Å². The summed E-state index contributed by atoms with van der Waals surface area (Å²) in [7, 11) is 0. The zero-order chi connectivity index (χ0) is 20.5. The minimum atomic E-state index is -1.08. The van der Waals surface area contributed by atoms with Crippen LogP contribution in [-0.2, 0) is 11.3 Å². The number of hydrogen-bond donors (Lipinski definition) is 3. The largest absolute Gasteiger partial charge is 0.478 e. The predicted molar refractivity (Wildman–Crippen MR) is 104 cm³/mol. The fourth-order valence-corrected chi connectivity index (χ4v) is 3.06. The second-order valence-corrected chi connectivity index (χ2v) is 7.28. The van der Waals surface area contributed by atoms with E-state index < -0.39 is 17.5 Å². The van der Waals surface area contributed by atoms with Gasteiger partial charge < -0.3 is 15.7 Å². The highest BCUT2D eigenvalue weighted by Crippen LogP contribution is 2.23. The number of carbonyl (C=O) groups is 2. The van der Waals surface area contributed by atoms with Gasteiger partial charge in [0, 0.05) is 0 Å². The van der Waals surface area contributed by atoms with Crippen LogP contribution in [0.15, 0.2) is 42.1 Å². The van der Waals surface area contributed by atoms with Crippen molar-refractivity contribution in [1.82, 2.24) is 25.6 Å². The lowest BCUT2D eigenvalue weighted by Crippen LogP contribution is -2.54. The number of amides is 1. The molecule has 0 fully saturated rings. The molecule has 1 aromatic carbocycles. The molecule has 8 nitrogen and oxygen atoms in total. The van der Waals surface area contributed by atoms with Crippen LogP contribution in [-0.4, -0.2) is 37.6 Å². The second kappa shape index (κ2) is 7.65. The number of carboxylic acid groups (broad SMARTS) is 1. The number of dihydropyridines is 1. The molecular weight excluding hydrogens is 405 g/mol. The Bertz CT molecular complexity index is 1010. The number of rotatable bonds is 5. The summed E-state index contributed by atoms with van der Waals surface area (Å²) >= 11 is 12.0. The molecule has 0 saturated carbocycles. The molecule has 3 rings (SSSR count). The van der Waals surface area contributed by atoms with Crippen molar-refractivity contribution in [3.63, 3.8) is 0 Å². The third-order valence-corrected chi connectivity index (χ3v) is 4.96. The molecule has 0 aliphatic carbocycles. The maximum atomic E-state index is 12.7. The molecule has 2 heterocycles. The SMILES string of the molecule is Cc1c(C(=O)NC2(C)C=C(C(=O)O)C=CN2)nnn1Cc1ccc(Cl)c(Cl)c1. The maximum absolute atomic E-state index is 12.7. The molecule has 1 aliphatic rings. The summed E-state index contributed by atoms with van der Waals surface area (Å²) in [4.78, 5) is 23.8. The van der Waals surface area contributed by atoms with Crippen molar-refractivity contribution >= 4 is 35.1 Å². The number of carbonyl (C=O) groups excluding carboxylic acids is 1. The molecule has 3 N–H and O–H groups in total. The van der Waals surface area contributed by atoms with Gasteiger partial charge in [-0.1, -0.05) is 34.5 Å². The second-order valence-electron chi connectivity index (χ2n) is 6.47. The van der Waals surface area contributed by atoms with Gasteiger partial charge in [-0.25, -0.2) is 9.48 Å². The highest BCUT2D eigenvalue weighted by atomic mass is 35.5. The fraction of sp³-hybridized carbons (Fsp3) is 0.222. The number of nitrogens with zero attached hydrogens (tertiary/aromatic N) is 3. The van der Waals surface area contributed by atoms with Crippen LogP contribution in [0.4, 0.5) is 0 Å². The van der Waals surface area contributed by atoms with Crippen LogP contribution in [0.2, 0.25) is 10.0 Å². The highest BCUT2D eigenvalue weighted by Gasteiger charge is 2.29. The van der Waals surface area contributed by atoms with Crippen LogP contribution in [0, 0.1) is 6.92 Å². The Morgan fingerprint density at radius 1 is 1.32 bits per heavy atom. The molecule has 1 aromatic heterocycles. The Morgan fingerprint density at radius 3 is 2.75 bits per heavy atom. The van der Waals surface area contributed by atoms with E-state index in [0.717, 1.165) is 5.56 Å². The normalized spacial score (nSPS) is 18.4. The first-order valence-electron chi connectivity index (χ1n) is 8.25. The first-order valence-corrected chi connectivity index (χ1v) is 9.01. The molecule has 0 radical (unpaired) electrons. The minimum Gasteiger partial charge on any atom is -0.478 e. The Balaban J connectivity index is 1.77. The van der Waals surface area contributed by atoms with Gasteiger partial charge in [0.1, 0.15) is 5.66 Å². The lowest BCUT2D eigenvalue weighted by atomic mass is 10.0. The van der Waals surface area contributed by atoms with Crippen molar-refractivity contribution < 1.29 is 14.7 Å². The Kier molecular flexibility index (Phi) is 5.44. The van der Waals surface area contributed by atoms with Crippen molar-refractivity contribution in [3.8, 4) is 0 Å². The number of halogens is 2. The topological polar surface area (TPSA) is 109 Å². The molecule has 1 amide bonds. The van der Waals surface area contributed by atoms with Crippen molar-refractivity contribution in [1.29, 1.82) is 0 Å². The van der Waals surface area contributed by atoms with Gasteiger partial charge in [-0.3, -0.25) is 4.79 Å². The minimum absolute atomic E-state index is 0.0709. The number of aliphatic carboxylic acids is 1. The monoisotopic (exact) mass is 421 g/mol. The Labute approximate surface area is 170 Å². The fourth-order valence-electron chi connectivity index (χ4n) is 2.74. The van der Waals surface area contributed by atoms with E-state index in [1.807, 2.05) is 6.07 Å². The van der Waals surface area contributed by atoms with E-state index in [4.69, 9.17) is 28.3 Å². The lowest BCUT2D eigenvalue weighted by Gasteiger charge is -2.30. The third-order valence-electron chi connectivity index (χ3n) is 4.22. The Morgan fingerprint density at radius 2 is 2.07 bits per heavy atom. The van der Waals surface area contributed by atoms with Crippen molar-refractivity contribution in [2.75, 3.05) is 0 Å². The van der Waals surface area contributed by atoms with Gasteiger partial charge in [-0.05, 0) is 49.9 Å². The molecule has 28 heavy (non-hydrogen) atoms. The molecule has 10 heteroatoms. The average Bonchev–Trinajstić information content (AvgIpc) is 2.98. The van der Waals surface area contributed by atoms with E-state index in [-0.39, 0.29) is 11.3 Å². The number of aromatic nitrogens is 3. The quantitative estimate of drug-likeness (QED) is 0.683. The van der Waals surface area contributed by atoms with Crippen LogP contribution >= 0.6 is 23.2 Å². The maximum Gasteiger partial charge on any atom is 0.335 e. The van der Waals surface area contributed by atoms with Crippen molar-refractivity contribution in [2.45, 2.75) is 26.1 Å². The molecule has 1 aliphatic heterocycles. The summed E-state index contributed by atoms with van der Waals surface area (Å²) in [5, 5.41) is 23.7. The third kappa shape index (κ3) is 4.18. The predicted octanol–water partition coefficient (Wildman–Crippen LogP) is 2.52. The number of carboxylic acids is 1. The smallest absolute Gasteiger partial charge is 0.335 e. The zero-order valence-electron chi connectivity index (χ0n) is 15.0. The van der Waals surface area contributed by atoms with Gasteiger partial charge in [0.25, 0.3) is 5.91 Å². The summed E-state index contributed by atoms with van der Waals surface area (Å²) in [6, 6.07) is 5.23. The summed E-state index contributed by atoms with van der Waals surface area (Å²) in [6.07, 6.45) is 4.30. The zero-order valence-corrected chi connectivity index (χ0v) is 16.5. The van der Waals surface area contributed by atoms with E-state index in [9.17, 15) is 9.59 Å². The number of nitrogens with one attached hydrogen (secondary N) is 2. The van der Waals surface area contributed by atoms with Crippen molar-refractivity contribution in [3.05, 3.63) is 69.1 Å². The first kappa shape index (κ1) is 19.9. The summed E-state index contributed by atoms with van der Waals surface area (Å²) in [5.41, 5.74) is 0.555. The van der Waals surface area contributed by atoms with E-state index >= 15 is 0 Å². The van der Waals surface area contributed by atoms with Crippen LogP contribution < -0.4 is 10.6 Å². The molecule has 146 valence electrons. The average molecular weight is 422 g/mol. The van der Waals surface area contributed by atoms with Crippen LogP contribution in [0.25, 0.3) is 0 Å². The molecule has 1 unspecified atom stereocenters. The summed E-state index contributed by atoms with van der Waals surface area (Å²) < 4.78 is 1.57. The van der Waals surface area contributed by atoms with Gasteiger partial charge >= 0.3 is 5.97 Å². The van der Waals surface area contributed by atoms with Gasteiger partial charge in [0.05, 0.1) is 27.9 Å². The number of hydrogen-bond acceptors (Lipinski definition) is 5. The van der Waals surface area contributed by atoms with Gasteiger partial charge in [-0.15, -0.1) is 5.10 Å². The molecule has 0 bridgehead atoms. The van der Waals surface area contributed by atoms with Crippen LogP contribution in [0.3, 0.4) is 0 Å². The van der Waals surface area contributed by atoms with Crippen molar-refractivity contribution in [2.24, 2.45) is 0 Å². The standard InChI is InChI=1S/C18H17Cl2N5O3/c1-10-15(16(26)22-18(2)8-12(17(27)28)5-6-21-18)23-24-25(10)9-11-3-4-13(19)14(20)7-11/h3-8,21H,9H2,1-2H3,(H,22,26)(H,27,28). The summed E-state index contributed by atoms with van der Waals surface area (Å²) in [5.74, 6) is -1.56. The van der Waals surface area contributed by atoms with Gasteiger partial charge in [-0.2, -0.15) is 0 Å². The first-order chi connectivity index (χ1) is 13.2. The molecule has 0 spiro atoms. The molecule has 1 atom stereocenters. The van der Waals surface area contributed by atoms with E-state index in [1.54, 1.807) is 30.7 Å². The van der Waals surface area contributed by atoms with Crippen LogP contribution in [0.1, 0.15) is 28.7 Å². The number of benzene rings is 1. The molecule has 0 saturated heterocycles. The summed E-state index contributed by atoms with van der Waals surface area (Å²) in [6.45, 7) is 3.73. The van der Waals surface area contributed by atoms with E-state index in [2.05, 4.69) is 20.9 Å². The van der Waals surface area contributed by atoms with Gasteiger partial charge in [0.15, 0.2) is 5.69 Å². The van der Waals surface area contributed by atoms with E-state index in [1.165, 1.54) is 18.4 Å². The highest BCUT2D eigenvalue weighted by molar-refractivity contribution is 6.42. The molecular formula is C18H17Cl2N5O3. The lowest BCUT2D eigenvalue weighted by molar-refractivity contribution is -0.132. The van der Waals surface area contributed by atoms with Crippen LogP contribution in [0.5, 0.6) is 0 Å².